The fourth-order valence-corrected chi connectivity index (χ4v) is 5.53. The molecular formula is C30H36N4O3. The van der Waals surface area contributed by atoms with Crippen LogP contribution in [-0.4, -0.2) is 92.5 Å². The van der Waals surface area contributed by atoms with Gasteiger partial charge in [0.25, 0.3) is 5.91 Å². The van der Waals surface area contributed by atoms with Gasteiger partial charge in [0.05, 0.1) is 12.8 Å². The van der Waals surface area contributed by atoms with Gasteiger partial charge in [-0.2, -0.15) is 0 Å². The lowest BCUT2D eigenvalue weighted by atomic mass is 10.0. The molecule has 0 radical (unpaired) electrons. The number of piperidine rings is 1. The number of likely N-dealkylation sites (tertiary alicyclic amines) is 1. The molecule has 2 fully saturated rings. The monoisotopic (exact) mass is 500 g/mol. The summed E-state index contributed by atoms with van der Waals surface area (Å²) in [5.41, 5.74) is 1.27. The minimum absolute atomic E-state index is 0.00704. The molecule has 0 spiro atoms. The van der Waals surface area contributed by atoms with Crippen LogP contribution in [0, 0.1) is 0 Å². The van der Waals surface area contributed by atoms with Crippen LogP contribution in [0.25, 0.3) is 10.8 Å². The van der Waals surface area contributed by atoms with Crippen LogP contribution in [0.1, 0.15) is 23.2 Å². The molecular weight excluding hydrogens is 464 g/mol. The van der Waals surface area contributed by atoms with Crippen LogP contribution in [0.5, 0.6) is 5.75 Å². The molecule has 5 rings (SSSR count). The summed E-state index contributed by atoms with van der Waals surface area (Å²) in [6, 6.07) is 21.5. The number of fused-ring (bicyclic) bond motifs is 1. The van der Waals surface area contributed by atoms with Gasteiger partial charge in [0.1, 0.15) is 12.3 Å². The van der Waals surface area contributed by atoms with Crippen molar-refractivity contribution in [2.45, 2.75) is 18.9 Å². The number of carbonyl (C=O) groups is 2. The molecule has 37 heavy (non-hydrogen) atoms. The quantitative estimate of drug-likeness (QED) is 0.516. The topological polar surface area (TPSA) is 56.3 Å². The number of amides is 2. The molecule has 2 aliphatic rings. The molecule has 0 unspecified atom stereocenters. The third kappa shape index (κ3) is 5.63. The first kappa shape index (κ1) is 25.2. The second-order valence-corrected chi connectivity index (χ2v) is 10.1. The highest BCUT2D eigenvalue weighted by molar-refractivity contribution is 6.13. The van der Waals surface area contributed by atoms with Gasteiger partial charge >= 0.3 is 0 Å². The van der Waals surface area contributed by atoms with Crippen LogP contribution in [0.15, 0.2) is 66.7 Å². The van der Waals surface area contributed by atoms with E-state index in [1.807, 2.05) is 47.4 Å². The van der Waals surface area contributed by atoms with Crippen molar-refractivity contribution in [2.75, 3.05) is 64.9 Å². The zero-order valence-corrected chi connectivity index (χ0v) is 21.8. The van der Waals surface area contributed by atoms with Crippen LogP contribution in [-0.2, 0) is 4.79 Å². The molecule has 0 atom stereocenters. The lowest BCUT2D eigenvalue weighted by molar-refractivity contribution is -0.131. The zero-order chi connectivity index (χ0) is 25.8. The molecule has 194 valence electrons. The second-order valence-electron chi connectivity index (χ2n) is 10.1. The Bertz CT molecular complexity index is 1220. The Morgan fingerprint density at radius 2 is 1.54 bits per heavy atom. The third-order valence-corrected chi connectivity index (χ3v) is 7.80. The van der Waals surface area contributed by atoms with Crippen molar-refractivity contribution in [3.05, 3.63) is 72.3 Å². The van der Waals surface area contributed by atoms with Crippen LogP contribution in [0.4, 0.5) is 5.69 Å². The number of anilines is 1. The molecule has 0 bridgehead atoms. The molecule has 2 saturated heterocycles. The smallest absolute Gasteiger partial charge is 0.258 e. The molecule has 7 heteroatoms. The second kappa shape index (κ2) is 11.3. The van der Waals surface area contributed by atoms with E-state index in [1.54, 1.807) is 36.3 Å². The van der Waals surface area contributed by atoms with Gasteiger partial charge in [-0.05, 0) is 68.7 Å². The van der Waals surface area contributed by atoms with Gasteiger partial charge in [0.2, 0.25) is 5.91 Å². The van der Waals surface area contributed by atoms with Crippen molar-refractivity contribution in [3.8, 4) is 5.75 Å². The maximum Gasteiger partial charge on any atom is 0.258 e. The highest BCUT2D eigenvalue weighted by Crippen LogP contribution is 2.29. The Morgan fingerprint density at radius 1 is 0.865 bits per heavy atom. The van der Waals surface area contributed by atoms with Crippen LogP contribution < -0.4 is 9.64 Å². The van der Waals surface area contributed by atoms with Crippen LogP contribution in [0.3, 0.4) is 0 Å². The molecule has 2 aliphatic heterocycles. The van der Waals surface area contributed by atoms with E-state index < -0.39 is 0 Å². The van der Waals surface area contributed by atoms with E-state index in [0.29, 0.717) is 30.4 Å². The number of hydrogen-bond acceptors (Lipinski definition) is 5. The highest BCUT2D eigenvalue weighted by Gasteiger charge is 2.30. The molecule has 0 N–H and O–H groups in total. The van der Waals surface area contributed by atoms with Gasteiger partial charge < -0.3 is 14.5 Å². The predicted octanol–water partition coefficient (Wildman–Crippen LogP) is 3.73. The third-order valence-electron chi connectivity index (χ3n) is 7.80. The average molecular weight is 501 g/mol. The van der Waals surface area contributed by atoms with E-state index in [4.69, 9.17) is 4.74 Å². The van der Waals surface area contributed by atoms with Gasteiger partial charge in [0, 0.05) is 43.2 Å². The first-order valence-electron chi connectivity index (χ1n) is 13.2. The number of nitrogens with zero attached hydrogens (tertiary/aromatic N) is 4. The summed E-state index contributed by atoms with van der Waals surface area (Å²) in [7, 11) is 3.78. The van der Waals surface area contributed by atoms with Crippen molar-refractivity contribution >= 4 is 28.3 Å². The SMILES string of the molecule is COc1ccc(C(=O)N(CC(=O)N2CCN(C3CCN(C)CC3)CC2)c2cccc3ccccc23)cc1. The number of rotatable bonds is 6. The van der Waals surface area contributed by atoms with E-state index in [1.165, 1.54) is 12.8 Å². The number of ether oxygens (including phenoxy) is 1. The Balaban J connectivity index is 1.34. The van der Waals surface area contributed by atoms with Crippen molar-refractivity contribution in [3.63, 3.8) is 0 Å². The first-order valence-corrected chi connectivity index (χ1v) is 13.2. The highest BCUT2D eigenvalue weighted by atomic mass is 16.5. The van der Waals surface area contributed by atoms with Gasteiger partial charge in [0.15, 0.2) is 0 Å². The summed E-state index contributed by atoms with van der Waals surface area (Å²) in [5.74, 6) is 0.474. The Kier molecular flexibility index (Phi) is 7.72. The van der Waals surface area contributed by atoms with Crippen LogP contribution >= 0.6 is 0 Å². The summed E-state index contributed by atoms with van der Waals surface area (Å²) in [6.07, 6.45) is 2.38. The molecule has 3 aromatic rings. The van der Waals surface area contributed by atoms with Gasteiger partial charge in [-0.1, -0.05) is 36.4 Å². The molecule has 0 saturated carbocycles. The Morgan fingerprint density at radius 3 is 2.24 bits per heavy atom. The largest absolute Gasteiger partial charge is 0.497 e. The van der Waals surface area contributed by atoms with Crippen LogP contribution in [0.2, 0.25) is 0 Å². The van der Waals surface area contributed by atoms with Crippen molar-refractivity contribution in [1.82, 2.24) is 14.7 Å². The Hall–Kier alpha value is -3.42. The average Bonchev–Trinajstić information content (AvgIpc) is 2.96. The maximum atomic E-state index is 13.8. The maximum absolute atomic E-state index is 13.8. The molecule has 0 aliphatic carbocycles. The number of methoxy groups -OCH3 is 1. The Labute approximate surface area is 219 Å². The zero-order valence-electron chi connectivity index (χ0n) is 21.8. The van der Waals surface area contributed by atoms with E-state index >= 15 is 0 Å². The molecule has 7 nitrogen and oxygen atoms in total. The van der Waals surface area contributed by atoms with Crippen molar-refractivity contribution in [1.29, 1.82) is 0 Å². The number of benzene rings is 3. The number of carbonyl (C=O) groups excluding carboxylic acids is 2. The molecule has 2 heterocycles. The summed E-state index contributed by atoms with van der Waals surface area (Å²) in [4.78, 5) is 35.8. The normalized spacial score (nSPS) is 17.6. The van der Waals surface area contributed by atoms with E-state index in [0.717, 1.165) is 42.6 Å². The lowest BCUT2D eigenvalue weighted by Gasteiger charge is -2.42. The summed E-state index contributed by atoms with van der Waals surface area (Å²) >= 11 is 0. The van der Waals surface area contributed by atoms with E-state index in [-0.39, 0.29) is 18.4 Å². The van der Waals surface area contributed by atoms with Gasteiger partial charge in [-0.15, -0.1) is 0 Å². The van der Waals surface area contributed by atoms with Crippen molar-refractivity contribution in [2.24, 2.45) is 0 Å². The van der Waals surface area contributed by atoms with Crippen molar-refractivity contribution < 1.29 is 14.3 Å². The van der Waals surface area contributed by atoms with Gasteiger partial charge in [-0.25, -0.2) is 0 Å². The minimum Gasteiger partial charge on any atom is -0.497 e. The summed E-state index contributed by atoms with van der Waals surface area (Å²) in [6.45, 7) is 5.46. The van der Waals surface area contributed by atoms with E-state index in [9.17, 15) is 9.59 Å². The summed E-state index contributed by atoms with van der Waals surface area (Å²) in [5, 5.41) is 1.98. The van der Waals surface area contributed by atoms with E-state index in [2.05, 4.69) is 16.8 Å². The van der Waals surface area contributed by atoms with Gasteiger partial charge in [-0.3, -0.25) is 19.4 Å². The first-order chi connectivity index (χ1) is 18.0. The lowest BCUT2D eigenvalue weighted by Crippen LogP contribution is -2.55. The fourth-order valence-electron chi connectivity index (χ4n) is 5.53. The summed E-state index contributed by atoms with van der Waals surface area (Å²) < 4.78 is 5.26. The predicted molar refractivity (Wildman–Crippen MR) is 147 cm³/mol. The molecule has 3 aromatic carbocycles. The standard InChI is InChI=1S/C30H36N4O3/c1-31-16-14-25(15-17-31)32-18-20-33(21-19-32)29(35)22-34(30(36)24-10-12-26(37-2)13-11-24)28-9-5-7-23-6-3-4-8-27(23)28/h3-13,25H,14-22H2,1-2H3. The molecule has 0 aromatic heterocycles. The number of piperazine rings is 1. The number of hydrogen-bond donors (Lipinski definition) is 0. The molecule has 2 amide bonds. The minimum atomic E-state index is -0.197. The fraction of sp³-hybridized carbons (Fsp3) is 0.400.